The molecule has 0 aliphatic carbocycles. The highest BCUT2D eigenvalue weighted by Gasteiger charge is 2.45. The molecule has 2 saturated heterocycles. The highest BCUT2D eigenvalue weighted by molar-refractivity contribution is 5.79. The van der Waals surface area contributed by atoms with Crippen LogP contribution < -0.4 is 0 Å². The number of fused-ring (bicyclic) bond motifs is 1. The van der Waals surface area contributed by atoms with Gasteiger partial charge < -0.3 is 14.1 Å². The summed E-state index contributed by atoms with van der Waals surface area (Å²) >= 11 is 0. The minimum Gasteiger partial charge on any atom is -0.426 e. The van der Waals surface area contributed by atoms with E-state index in [-0.39, 0.29) is 12.0 Å². The number of carbonyl (C=O) groups is 1. The van der Waals surface area contributed by atoms with Crippen LogP contribution in [0.3, 0.4) is 0 Å². The first-order valence-corrected chi connectivity index (χ1v) is 8.83. The Balaban J connectivity index is 1.39. The number of aryl methyl sites for hydroxylation is 2. The number of ether oxygens (including phenoxy) is 1. The van der Waals surface area contributed by atoms with Crippen LogP contribution in [0.4, 0.5) is 0 Å². The van der Waals surface area contributed by atoms with Gasteiger partial charge in [-0.15, -0.1) is 10.2 Å². The van der Waals surface area contributed by atoms with Gasteiger partial charge in [0, 0.05) is 32.4 Å². The summed E-state index contributed by atoms with van der Waals surface area (Å²) in [5.41, 5.74) is 2.26. The molecule has 2 fully saturated rings. The number of aromatic nitrogens is 2. The molecule has 132 valence electrons. The van der Waals surface area contributed by atoms with E-state index in [1.165, 1.54) is 0 Å². The van der Waals surface area contributed by atoms with Crippen LogP contribution in [-0.4, -0.2) is 46.8 Å². The number of amides is 1. The molecule has 1 aromatic carbocycles. The monoisotopic (exact) mass is 341 g/mol. The van der Waals surface area contributed by atoms with Gasteiger partial charge in [0.15, 0.2) is 0 Å². The number of rotatable bonds is 4. The van der Waals surface area contributed by atoms with Crippen molar-refractivity contribution in [3.05, 3.63) is 47.2 Å². The summed E-state index contributed by atoms with van der Waals surface area (Å²) < 4.78 is 11.4. The third-order valence-electron chi connectivity index (χ3n) is 5.40. The van der Waals surface area contributed by atoms with Gasteiger partial charge in [0.1, 0.15) is 0 Å². The minimum absolute atomic E-state index is 0.134. The van der Waals surface area contributed by atoms with Gasteiger partial charge in [-0.05, 0) is 24.0 Å². The van der Waals surface area contributed by atoms with Crippen LogP contribution in [0.1, 0.15) is 22.9 Å². The van der Waals surface area contributed by atoms with E-state index in [9.17, 15) is 4.79 Å². The summed E-state index contributed by atoms with van der Waals surface area (Å²) in [6.45, 7) is 6.00. The fourth-order valence-corrected chi connectivity index (χ4v) is 3.94. The summed E-state index contributed by atoms with van der Waals surface area (Å²) in [7, 11) is 0. The second-order valence-electron chi connectivity index (χ2n) is 7.12. The van der Waals surface area contributed by atoms with Crippen molar-refractivity contribution in [1.82, 2.24) is 15.1 Å². The average molecular weight is 341 g/mol. The number of hydrogen-bond donors (Lipinski definition) is 0. The first-order chi connectivity index (χ1) is 12.1. The average Bonchev–Trinajstić information content (AvgIpc) is 3.27. The smallest absolute Gasteiger partial charge is 0.227 e. The fraction of sp³-hybridized carbons (Fsp3) is 0.526. The lowest BCUT2D eigenvalue weighted by Crippen LogP contribution is -2.32. The molecule has 0 bridgehead atoms. The first-order valence-electron chi connectivity index (χ1n) is 8.83. The fourth-order valence-electron chi connectivity index (χ4n) is 3.94. The maximum absolute atomic E-state index is 12.7. The molecule has 0 unspecified atom stereocenters. The molecule has 4 rings (SSSR count). The molecule has 3 atom stereocenters. The van der Waals surface area contributed by atoms with Crippen LogP contribution >= 0.6 is 0 Å². The van der Waals surface area contributed by atoms with E-state index in [0.29, 0.717) is 43.2 Å². The van der Waals surface area contributed by atoms with E-state index < -0.39 is 0 Å². The summed E-state index contributed by atoms with van der Waals surface area (Å²) in [6, 6.07) is 8.06. The van der Waals surface area contributed by atoms with Gasteiger partial charge in [0.25, 0.3) is 0 Å². The van der Waals surface area contributed by atoms with Crippen LogP contribution in [-0.2, 0) is 22.4 Å². The number of likely N-dealkylation sites (tertiary alicyclic amines) is 1. The SMILES string of the molecule is Cc1nnc(C[C@H]2CO[C@@H]3CN(C(=O)Cc4ccccc4C)C[C@H]23)o1. The number of nitrogens with zero attached hydrogens (tertiary/aromatic N) is 3. The maximum Gasteiger partial charge on any atom is 0.227 e. The lowest BCUT2D eigenvalue weighted by Gasteiger charge is -2.19. The highest BCUT2D eigenvalue weighted by Crippen LogP contribution is 2.35. The molecule has 0 N–H and O–H groups in total. The number of hydrogen-bond acceptors (Lipinski definition) is 5. The summed E-state index contributed by atoms with van der Waals surface area (Å²) in [5, 5.41) is 7.98. The van der Waals surface area contributed by atoms with E-state index >= 15 is 0 Å². The van der Waals surface area contributed by atoms with Crippen molar-refractivity contribution in [2.75, 3.05) is 19.7 Å². The number of carbonyl (C=O) groups excluding carboxylic acids is 1. The van der Waals surface area contributed by atoms with Gasteiger partial charge >= 0.3 is 0 Å². The third-order valence-corrected chi connectivity index (χ3v) is 5.40. The Morgan fingerprint density at radius 2 is 2.08 bits per heavy atom. The van der Waals surface area contributed by atoms with Gasteiger partial charge in [-0.25, -0.2) is 0 Å². The van der Waals surface area contributed by atoms with Gasteiger partial charge in [0.2, 0.25) is 17.7 Å². The van der Waals surface area contributed by atoms with E-state index in [0.717, 1.165) is 24.1 Å². The van der Waals surface area contributed by atoms with Crippen LogP contribution in [0.2, 0.25) is 0 Å². The minimum atomic E-state index is 0.134. The van der Waals surface area contributed by atoms with E-state index in [4.69, 9.17) is 9.15 Å². The second-order valence-corrected chi connectivity index (χ2v) is 7.12. The Hall–Kier alpha value is -2.21. The normalized spacial score (nSPS) is 25.4. The predicted octanol–water partition coefficient (Wildman–Crippen LogP) is 1.95. The highest BCUT2D eigenvalue weighted by atomic mass is 16.5. The molecule has 0 saturated carbocycles. The predicted molar refractivity (Wildman–Crippen MR) is 90.9 cm³/mol. The number of benzene rings is 1. The molecule has 25 heavy (non-hydrogen) atoms. The first kappa shape index (κ1) is 16.3. The van der Waals surface area contributed by atoms with Crippen molar-refractivity contribution in [3.63, 3.8) is 0 Å². The maximum atomic E-state index is 12.7. The van der Waals surface area contributed by atoms with Crippen molar-refractivity contribution in [2.24, 2.45) is 11.8 Å². The Kier molecular flexibility index (Phi) is 4.29. The van der Waals surface area contributed by atoms with Crippen LogP contribution in [0.5, 0.6) is 0 Å². The Bertz CT molecular complexity index is 773. The molecule has 6 nitrogen and oxygen atoms in total. The quantitative estimate of drug-likeness (QED) is 0.850. The van der Waals surface area contributed by atoms with Crippen molar-refractivity contribution in [1.29, 1.82) is 0 Å². The molecule has 6 heteroatoms. The molecule has 2 aliphatic heterocycles. The zero-order valence-corrected chi connectivity index (χ0v) is 14.6. The van der Waals surface area contributed by atoms with E-state index in [1.54, 1.807) is 6.92 Å². The van der Waals surface area contributed by atoms with Gasteiger partial charge in [0.05, 0.1) is 19.1 Å². The molecule has 0 spiro atoms. The van der Waals surface area contributed by atoms with Crippen molar-refractivity contribution < 1.29 is 13.9 Å². The Labute approximate surface area is 147 Å². The Morgan fingerprint density at radius 1 is 1.24 bits per heavy atom. The summed E-state index contributed by atoms with van der Waals surface area (Å²) in [5.74, 6) is 2.12. The molecule has 1 amide bonds. The molecule has 3 heterocycles. The van der Waals surface area contributed by atoms with Gasteiger partial charge in [-0.2, -0.15) is 0 Å². The third kappa shape index (κ3) is 3.31. The van der Waals surface area contributed by atoms with Crippen LogP contribution in [0, 0.1) is 25.7 Å². The topological polar surface area (TPSA) is 68.5 Å². The lowest BCUT2D eigenvalue weighted by atomic mass is 9.90. The molecular formula is C19H23N3O3. The zero-order chi connectivity index (χ0) is 17.4. The van der Waals surface area contributed by atoms with Gasteiger partial charge in [-0.3, -0.25) is 4.79 Å². The Morgan fingerprint density at radius 3 is 2.84 bits per heavy atom. The largest absolute Gasteiger partial charge is 0.426 e. The molecular weight excluding hydrogens is 318 g/mol. The molecule has 2 aliphatic rings. The lowest BCUT2D eigenvalue weighted by molar-refractivity contribution is -0.130. The molecule has 2 aromatic rings. The van der Waals surface area contributed by atoms with Gasteiger partial charge in [-0.1, -0.05) is 24.3 Å². The second kappa shape index (κ2) is 6.59. The molecule has 0 radical (unpaired) electrons. The van der Waals surface area contributed by atoms with Crippen molar-refractivity contribution in [2.45, 2.75) is 32.8 Å². The van der Waals surface area contributed by atoms with Crippen LogP contribution in [0.25, 0.3) is 0 Å². The molecule has 1 aromatic heterocycles. The van der Waals surface area contributed by atoms with Crippen LogP contribution in [0.15, 0.2) is 28.7 Å². The van der Waals surface area contributed by atoms with E-state index in [2.05, 4.69) is 10.2 Å². The zero-order valence-electron chi connectivity index (χ0n) is 14.6. The summed E-state index contributed by atoms with van der Waals surface area (Å²) in [6.07, 6.45) is 1.32. The summed E-state index contributed by atoms with van der Waals surface area (Å²) in [4.78, 5) is 14.6. The van der Waals surface area contributed by atoms with Crippen molar-refractivity contribution in [3.8, 4) is 0 Å². The van der Waals surface area contributed by atoms with E-state index in [1.807, 2.05) is 36.1 Å². The van der Waals surface area contributed by atoms with Crippen molar-refractivity contribution >= 4 is 5.91 Å². The standard InChI is InChI=1S/C19H23N3O3/c1-12-5-3-4-6-14(12)8-19(23)22-9-16-15(11-24-17(16)10-22)7-18-21-20-13(2)25-18/h3-6,15-17H,7-11H2,1-2H3/t15-,16+,17+/m0/s1.